The molecule has 3 rings (SSSR count). The van der Waals surface area contributed by atoms with Crippen LogP contribution in [0.3, 0.4) is 0 Å². The zero-order chi connectivity index (χ0) is 16.4. The summed E-state index contributed by atoms with van der Waals surface area (Å²) in [6.07, 6.45) is 0. The molecule has 0 radical (unpaired) electrons. The SMILES string of the molecule is CCN(CC)C(=O)CN1C(=O)CNc2cc3c(cc21)OCCO3. The molecular formula is C16H21N3O4. The number of nitrogens with one attached hydrogen (secondary N) is 1. The number of fused-ring (bicyclic) bond motifs is 2. The predicted octanol–water partition coefficient (Wildman–Crippen LogP) is 1.08. The third-order valence-corrected chi connectivity index (χ3v) is 4.09. The summed E-state index contributed by atoms with van der Waals surface area (Å²) in [6.45, 7) is 6.30. The molecule has 2 heterocycles. The quantitative estimate of drug-likeness (QED) is 0.899. The van der Waals surface area contributed by atoms with E-state index in [1.165, 1.54) is 4.90 Å². The van der Waals surface area contributed by atoms with Crippen LogP contribution in [-0.4, -0.2) is 56.1 Å². The summed E-state index contributed by atoms with van der Waals surface area (Å²) in [5.74, 6) is 1.07. The molecule has 0 unspecified atom stereocenters. The van der Waals surface area contributed by atoms with Gasteiger partial charge in [-0.25, -0.2) is 0 Å². The van der Waals surface area contributed by atoms with Gasteiger partial charge in [0.1, 0.15) is 19.8 Å². The van der Waals surface area contributed by atoms with Gasteiger partial charge in [-0.3, -0.25) is 14.5 Å². The Kier molecular flexibility index (Phi) is 4.27. The monoisotopic (exact) mass is 319 g/mol. The molecule has 0 aliphatic carbocycles. The van der Waals surface area contributed by atoms with Gasteiger partial charge in [0.05, 0.1) is 17.9 Å². The summed E-state index contributed by atoms with van der Waals surface area (Å²) in [7, 11) is 0. The molecule has 7 nitrogen and oxygen atoms in total. The van der Waals surface area contributed by atoms with Crippen molar-refractivity contribution in [2.45, 2.75) is 13.8 Å². The van der Waals surface area contributed by atoms with E-state index >= 15 is 0 Å². The third-order valence-electron chi connectivity index (χ3n) is 4.09. The van der Waals surface area contributed by atoms with E-state index in [0.717, 1.165) is 5.69 Å². The minimum absolute atomic E-state index is 0.0365. The Labute approximate surface area is 135 Å². The topological polar surface area (TPSA) is 71.1 Å². The van der Waals surface area contributed by atoms with Crippen LogP contribution in [0, 0.1) is 0 Å². The fourth-order valence-electron chi connectivity index (χ4n) is 2.83. The maximum absolute atomic E-state index is 12.4. The van der Waals surface area contributed by atoms with Gasteiger partial charge in [-0.2, -0.15) is 0 Å². The predicted molar refractivity (Wildman–Crippen MR) is 86.2 cm³/mol. The minimum atomic E-state index is -0.130. The Morgan fingerprint density at radius 2 is 1.87 bits per heavy atom. The fraction of sp³-hybridized carbons (Fsp3) is 0.500. The molecule has 0 spiro atoms. The van der Waals surface area contributed by atoms with Crippen LogP contribution in [0.25, 0.3) is 0 Å². The Hall–Kier alpha value is -2.44. The molecule has 1 aromatic carbocycles. The van der Waals surface area contributed by atoms with Crippen molar-refractivity contribution in [1.29, 1.82) is 0 Å². The molecule has 2 amide bonds. The third kappa shape index (κ3) is 2.91. The second-order valence-corrected chi connectivity index (χ2v) is 5.41. The molecule has 2 aliphatic heterocycles. The Morgan fingerprint density at radius 3 is 2.52 bits per heavy atom. The standard InChI is InChI=1S/C16H21N3O4/c1-3-18(4-2)16(21)10-19-12-8-14-13(22-5-6-23-14)7-11(12)17-9-15(19)20/h7-8,17H,3-6,9-10H2,1-2H3. The van der Waals surface area contributed by atoms with Crippen LogP contribution in [0.5, 0.6) is 11.5 Å². The largest absolute Gasteiger partial charge is 0.486 e. The van der Waals surface area contributed by atoms with Crippen molar-refractivity contribution in [2.75, 3.05) is 49.6 Å². The summed E-state index contributed by atoms with van der Waals surface area (Å²) in [6, 6.07) is 3.59. The first kappa shape index (κ1) is 15.5. The highest BCUT2D eigenvalue weighted by Crippen LogP contribution is 2.41. The van der Waals surface area contributed by atoms with Crippen molar-refractivity contribution >= 4 is 23.2 Å². The Morgan fingerprint density at radius 1 is 1.22 bits per heavy atom. The highest BCUT2D eigenvalue weighted by molar-refractivity contribution is 6.06. The molecule has 0 saturated heterocycles. The zero-order valence-corrected chi connectivity index (χ0v) is 13.4. The molecular weight excluding hydrogens is 298 g/mol. The molecule has 0 atom stereocenters. The van der Waals surface area contributed by atoms with Gasteiger partial charge in [0.15, 0.2) is 11.5 Å². The minimum Gasteiger partial charge on any atom is -0.486 e. The second kappa shape index (κ2) is 6.36. The number of rotatable bonds is 4. The number of hydrogen-bond donors (Lipinski definition) is 1. The number of anilines is 2. The van der Waals surface area contributed by atoms with Crippen LogP contribution < -0.4 is 19.7 Å². The molecule has 0 bridgehead atoms. The van der Waals surface area contributed by atoms with Gasteiger partial charge in [0.25, 0.3) is 0 Å². The number of nitrogens with zero attached hydrogens (tertiary/aromatic N) is 2. The molecule has 0 aromatic heterocycles. The van der Waals surface area contributed by atoms with Crippen LogP contribution >= 0.6 is 0 Å². The number of hydrogen-bond acceptors (Lipinski definition) is 5. The van der Waals surface area contributed by atoms with E-state index in [1.54, 1.807) is 11.0 Å². The lowest BCUT2D eigenvalue weighted by atomic mass is 10.1. The first-order valence-electron chi connectivity index (χ1n) is 7.89. The highest BCUT2D eigenvalue weighted by atomic mass is 16.6. The van der Waals surface area contributed by atoms with E-state index < -0.39 is 0 Å². The van der Waals surface area contributed by atoms with Gasteiger partial charge in [-0.1, -0.05) is 0 Å². The molecule has 1 N–H and O–H groups in total. The number of likely N-dealkylation sites (N-methyl/N-ethyl adjacent to an activating group) is 1. The molecule has 7 heteroatoms. The lowest BCUT2D eigenvalue weighted by Gasteiger charge is -2.32. The van der Waals surface area contributed by atoms with Crippen molar-refractivity contribution in [2.24, 2.45) is 0 Å². The first-order chi connectivity index (χ1) is 11.1. The van der Waals surface area contributed by atoms with Crippen molar-refractivity contribution in [1.82, 2.24) is 4.90 Å². The number of carbonyl (C=O) groups excluding carboxylic acids is 2. The molecule has 0 saturated carbocycles. The average molecular weight is 319 g/mol. The van der Waals surface area contributed by atoms with Gasteiger partial charge in [0.2, 0.25) is 11.8 Å². The molecule has 124 valence electrons. The van der Waals surface area contributed by atoms with Crippen molar-refractivity contribution < 1.29 is 19.1 Å². The maximum atomic E-state index is 12.4. The molecule has 1 aromatic rings. The number of benzene rings is 1. The fourth-order valence-corrected chi connectivity index (χ4v) is 2.83. The van der Waals surface area contributed by atoms with Crippen molar-refractivity contribution in [3.05, 3.63) is 12.1 Å². The van der Waals surface area contributed by atoms with Crippen LogP contribution in [0.2, 0.25) is 0 Å². The second-order valence-electron chi connectivity index (χ2n) is 5.41. The highest BCUT2D eigenvalue weighted by Gasteiger charge is 2.29. The van der Waals surface area contributed by atoms with Gasteiger partial charge < -0.3 is 19.7 Å². The maximum Gasteiger partial charge on any atom is 0.246 e. The van der Waals surface area contributed by atoms with Crippen LogP contribution in [0.15, 0.2) is 12.1 Å². The zero-order valence-electron chi connectivity index (χ0n) is 13.4. The summed E-state index contributed by atoms with van der Waals surface area (Å²) in [5, 5.41) is 3.07. The van der Waals surface area contributed by atoms with Crippen LogP contribution in [0.1, 0.15) is 13.8 Å². The summed E-state index contributed by atoms with van der Waals surface area (Å²) >= 11 is 0. The van der Waals surface area contributed by atoms with E-state index in [0.29, 0.717) is 43.5 Å². The lowest BCUT2D eigenvalue weighted by molar-refractivity contribution is -0.130. The van der Waals surface area contributed by atoms with Gasteiger partial charge in [-0.05, 0) is 13.8 Å². The van der Waals surface area contributed by atoms with E-state index in [-0.39, 0.29) is 24.9 Å². The summed E-state index contributed by atoms with van der Waals surface area (Å²) in [4.78, 5) is 27.9. The Balaban J connectivity index is 1.90. The van der Waals surface area contributed by atoms with E-state index in [1.807, 2.05) is 19.9 Å². The van der Waals surface area contributed by atoms with Crippen LogP contribution in [0.4, 0.5) is 11.4 Å². The van der Waals surface area contributed by atoms with Crippen molar-refractivity contribution in [3.8, 4) is 11.5 Å². The van der Waals surface area contributed by atoms with E-state index in [9.17, 15) is 9.59 Å². The summed E-state index contributed by atoms with van der Waals surface area (Å²) < 4.78 is 11.1. The molecule has 0 fully saturated rings. The molecule has 23 heavy (non-hydrogen) atoms. The van der Waals surface area contributed by atoms with Gasteiger partial charge in [-0.15, -0.1) is 0 Å². The van der Waals surface area contributed by atoms with E-state index in [2.05, 4.69) is 5.32 Å². The normalized spacial score (nSPS) is 15.7. The van der Waals surface area contributed by atoms with E-state index in [4.69, 9.17) is 9.47 Å². The number of ether oxygens (including phenoxy) is 2. The lowest BCUT2D eigenvalue weighted by Crippen LogP contribution is -2.47. The molecule has 2 aliphatic rings. The number of carbonyl (C=O) groups is 2. The smallest absolute Gasteiger partial charge is 0.246 e. The first-order valence-corrected chi connectivity index (χ1v) is 7.89. The van der Waals surface area contributed by atoms with Gasteiger partial charge in [0, 0.05) is 25.2 Å². The van der Waals surface area contributed by atoms with Crippen LogP contribution in [-0.2, 0) is 9.59 Å². The van der Waals surface area contributed by atoms with Crippen molar-refractivity contribution in [3.63, 3.8) is 0 Å². The Bertz CT molecular complexity index is 628. The van der Waals surface area contributed by atoms with Gasteiger partial charge >= 0.3 is 0 Å². The summed E-state index contributed by atoms with van der Waals surface area (Å²) in [5.41, 5.74) is 1.44. The number of amides is 2. The average Bonchev–Trinajstić information content (AvgIpc) is 2.57.